The Morgan fingerprint density at radius 3 is 2.95 bits per heavy atom. The van der Waals surface area contributed by atoms with Crippen LogP contribution in [0.2, 0.25) is 0 Å². The molecular formula is C15H15NO2S. The number of benzene rings is 1. The molecule has 0 amide bonds. The molecule has 1 aliphatic rings. The van der Waals surface area contributed by atoms with Gasteiger partial charge in [0.2, 0.25) is 0 Å². The zero-order valence-corrected chi connectivity index (χ0v) is 11.5. The number of rotatable bonds is 4. The van der Waals surface area contributed by atoms with Crippen LogP contribution < -0.4 is 0 Å². The Hall–Kier alpha value is -1.68. The summed E-state index contributed by atoms with van der Waals surface area (Å²) in [4.78, 5) is 16.3. The first-order valence-electron chi connectivity index (χ1n) is 6.51. The van der Waals surface area contributed by atoms with Gasteiger partial charge in [0.15, 0.2) is 0 Å². The van der Waals surface area contributed by atoms with Gasteiger partial charge in [0.25, 0.3) is 0 Å². The second-order valence-corrected chi connectivity index (χ2v) is 5.87. The fraction of sp³-hybridized carbons (Fsp3) is 0.333. The third-order valence-electron chi connectivity index (χ3n) is 3.55. The van der Waals surface area contributed by atoms with Gasteiger partial charge in [-0.1, -0.05) is 37.6 Å². The van der Waals surface area contributed by atoms with Crippen LogP contribution in [-0.2, 0) is 12.8 Å². The molecule has 0 saturated carbocycles. The lowest BCUT2D eigenvalue weighted by molar-refractivity contribution is 0.0700. The van der Waals surface area contributed by atoms with E-state index >= 15 is 0 Å². The van der Waals surface area contributed by atoms with Crippen molar-refractivity contribution in [2.75, 3.05) is 0 Å². The molecule has 1 heterocycles. The Kier molecular flexibility index (Phi) is 3.11. The lowest BCUT2D eigenvalue weighted by atomic mass is 9.78. The SMILES string of the molecule is CCCc1nc(C2Cc3ccccc32)sc1C(=O)O. The van der Waals surface area contributed by atoms with E-state index in [2.05, 4.69) is 17.1 Å². The fourth-order valence-corrected chi connectivity index (χ4v) is 3.64. The van der Waals surface area contributed by atoms with Gasteiger partial charge < -0.3 is 5.11 Å². The Bertz CT molecular complexity index is 633. The Morgan fingerprint density at radius 2 is 2.26 bits per heavy atom. The third-order valence-corrected chi connectivity index (χ3v) is 4.75. The highest BCUT2D eigenvalue weighted by molar-refractivity contribution is 7.13. The van der Waals surface area contributed by atoms with Crippen molar-refractivity contribution in [2.24, 2.45) is 0 Å². The van der Waals surface area contributed by atoms with Crippen molar-refractivity contribution in [3.63, 3.8) is 0 Å². The van der Waals surface area contributed by atoms with Crippen LogP contribution in [0.25, 0.3) is 0 Å². The predicted octanol–water partition coefficient (Wildman–Crippen LogP) is 3.48. The van der Waals surface area contributed by atoms with Crippen LogP contribution >= 0.6 is 11.3 Å². The quantitative estimate of drug-likeness (QED) is 0.927. The molecule has 1 N–H and O–H groups in total. The van der Waals surface area contributed by atoms with E-state index in [0.29, 0.717) is 10.8 Å². The van der Waals surface area contributed by atoms with Gasteiger partial charge >= 0.3 is 5.97 Å². The molecule has 3 rings (SSSR count). The van der Waals surface area contributed by atoms with Gasteiger partial charge in [0, 0.05) is 5.92 Å². The average molecular weight is 273 g/mol. The highest BCUT2D eigenvalue weighted by atomic mass is 32.1. The van der Waals surface area contributed by atoms with Crippen molar-refractivity contribution in [3.8, 4) is 0 Å². The molecule has 4 heteroatoms. The molecule has 1 aromatic heterocycles. The van der Waals surface area contributed by atoms with Gasteiger partial charge in [-0.15, -0.1) is 11.3 Å². The lowest BCUT2D eigenvalue weighted by Gasteiger charge is -2.28. The minimum absolute atomic E-state index is 0.296. The van der Waals surface area contributed by atoms with Crippen molar-refractivity contribution in [2.45, 2.75) is 32.1 Å². The highest BCUT2D eigenvalue weighted by Gasteiger charge is 2.31. The van der Waals surface area contributed by atoms with Gasteiger partial charge in [-0.25, -0.2) is 9.78 Å². The van der Waals surface area contributed by atoms with Crippen LogP contribution in [0.3, 0.4) is 0 Å². The van der Waals surface area contributed by atoms with E-state index in [1.165, 1.54) is 22.5 Å². The standard InChI is InChI=1S/C15H15NO2S/c1-2-5-12-13(15(17)18)19-14(16-12)11-8-9-6-3-4-7-10(9)11/h3-4,6-7,11H,2,5,8H2,1H3,(H,17,18). The maximum atomic E-state index is 11.3. The molecule has 98 valence electrons. The van der Waals surface area contributed by atoms with Crippen molar-refractivity contribution >= 4 is 17.3 Å². The molecule has 1 unspecified atom stereocenters. The number of fused-ring (bicyclic) bond motifs is 1. The third kappa shape index (κ3) is 2.06. The van der Waals surface area contributed by atoms with Gasteiger partial charge in [-0.05, 0) is 24.0 Å². The van der Waals surface area contributed by atoms with Crippen molar-refractivity contribution in [3.05, 3.63) is 51.0 Å². The lowest BCUT2D eigenvalue weighted by Crippen LogP contribution is -2.17. The topological polar surface area (TPSA) is 50.2 Å². The summed E-state index contributed by atoms with van der Waals surface area (Å²) in [5.41, 5.74) is 3.41. The molecule has 1 atom stereocenters. The van der Waals surface area contributed by atoms with E-state index in [1.54, 1.807) is 0 Å². The molecule has 1 aliphatic carbocycles. The number of aromatic nitrogens is 1. The number of carbonyl (C=O) groups is 1. The summed E-state index contributed by atoms with van der Waals surface area (Å²) >= 11 is 1.34. The number of carboxylic acid groups (broad SMARTS) is 1. The van der Waals surface area contributed by atoms with E-state index in [4.69, 9.17) is 0 Å². The summed E-state index contributed by atoms with van der Waals surface area (Å²) in [6, 6.07) is 8.32. The molecule has 0 aliphatic heterocycles. The smallest absolute Gasteiger partial charge is 0.347 e. The second kappa shape index (κ2) is 4.78. The number of nitrogens with zero attached hydrogens (tertiary/aromatic N) is 1. The summed E-state index contributed by atoms with van der Waals surface area (Å²) in [5.74, 6) is -0.551. The van der Waals surface area contributed by atoms with E-state index in [9.17, 15) is 9.90 Å². The summed E-state index contributed by atoms with van der Waals surface area (Å²) in [6.07, 6.45) is 2.64. The molecule has 0 fully saturated rings. The van der Waals surface area contributed by atoms with Gasteiger partial charge in [-0.2, -0.15) is 0 Å². The predicted molar refractivity (Wildman–Crippen MR) is 75.1 cm³/mol. The van der Waals surface area contributed by atoms with Gasteiger partial charge in [-0.3, -0.25) is 0 Å². The minimum atomic E-state index is -0.847. The van der Waals surface area contributed by atoms with Crippen LogP contribution in [0.1, 0.15) is 50.8 Å². The van der Waals surface area contributed by atoms with Crippen molar-refractivity contribution < 1.29 is 9.90 Å². The van der Waals surface area contributed by atoms with Crippen LogP contribution in [0.15, 0.2) is 24.3 Å². The summed E-state index contributed by atoms with van der Waals surface area (Å²) < 4.78 is 0. The summed E-state index contributed by atoms with van der Waals surface area (Å²) in [7, 11) is 0. The maximum absolute atomic E-state index is 11.3. The molecule has 0 spiro atoms. The first-order chi connectivity index (χ1) is 9.20. The van der Waals surface area contributed by atoms with Crippen LogP contribution in [0.4, 0.5) is 0 Å². The van der Waals surface area contributed by atoms with E-state index in [0.717, 1.165) is 30.0 Å². The summed E-state index contributed by atoms with van der Waals surface area (Å²) in [6.45, 7) is 2.04. The molecule has 1 aromatic carbocycles. The number of carboxylic acids is 1. The Morgan fingerprint density at radius 1 is 1.47 bits per heavy atom. The molecule has 0 radical (unpaired) electrons. The second-order valence-electron chi connectivity index (χ2n) is 4.84. The summed E-state index contributed by atoms with van der Waals surface area (Å²) in [5, 5.41) is 10.2. The Balaban J connectivity index is 1.95. The fourth-order valence-electron chi connectivity index (χ4n) is 2.57. The van der Waals surface area contributed by atoms with Crippen LogP contribution in [-0.4, -0.2) is 16.1 Å². The zero-order chi connectivity index (χ0) is 13.4. The average Bonchev–Trinajstić information content (AvgIpc) is 2.75. The first-order valence-corrected chi connectivity index (χ1v) is 7.33. The molecule has 0 saturated heterocycles. The zero-order valence-electron chi connectivity index (χ0n) is 10.7. The van der Waals surface area contributed by atoms with Crippen LogP contribution in [0, 0.1) is 0 Å². The van der Waals surface area contributed by atoms with E-state index < -0.39 is 5.97 Å². The normalized spacial score (nSPS) is 16.8. The number of hydrogen-bond acceptors (Lipinski definition) is 3. The van der Waals surface area contributed by atoms with Gasteiger partial charge in [0.05, 0.1) is 5.69 Å². The number of aromatic carboxylic acids is 1. The largest absolute Gasteiger partial charge is 0.477 e. The van der Waals surface area contributed by atoms with Crippen molar-refractivity contribution in [1.29, 1.82) is 0 Å². The first kappa shape index (κ1) is 12.4. The molecular weight excluding hydrogens is 258 g/mol. The van der Waals surface area contributed by atoms with Gasteiger partial charge in [0.1, 0.15) is 9.88 Å². The highest BCUT2D eigenvalue weighted by Crippen LogP contribution is 2.42. The molecule has 2 aromatic rings. The molecule has 3 nitrogen and oxygen atoms in total. The van der Waals surface area contributed by atoms with Crippen LogP contribution in [0.5, 0.6) is 0 Å². The number of hydrogen-bond donors (Lipinski definition) is 1. The van der Waals surface area contributed by atoms with E-state index in [-0.39, 0.29) is 0 Å². The number of thiazole rings is 1. The van der Waals surface area contributed by atoms with Crippen molar-refractivity contribution in [1.82, 2.24) is 4.98 Å². The maximum Gasteiger partial charge on any atom is 0.347 e. The molecule has 0 bridgehead atoms. The van der Waals surface area contributed by atoms with E-state index in [1.807, 2.05) is 19.1 Å². The molecule has 19 heavy (non-hydrogen) atoms. The monoisotopic (exact) mass is 273 g/mol. The Labute approximate surface area is 115 Å². The number of aryl methyl sites for hydroxylation is 1. The minimum Gasteiger partial charge on any atom is -0.477 e.